The summed E-state index contributed by atoms with van der Waals surface area (Å²) in [7, 11) is 0. The zero-order valence-corrected chi connectivity index (χ0v) is 12.2. The van der Waals surface area contributed by atoms with Crippen LogP contribution in [0.4, 0.5) is 0 Å². The second-order valence-electron chi connectivity index (χ2n) is 4.86. The van der Waals surface area contributed by atoms with Crippen LogP contribution in [0.2, 0.25) is 0 Å². The fourth-order valence-electron chi connectivity index (χ4n) is 2.14. The number of nitrogens with zero attached hydrogens (tertiary/aromatic N) is 3. The summed E-state index contributed by atoms with van der Waals surface area (Å²) in [6.45, 7) is 4.50. The van der Waals surface area contributed by atoms with Gasteiger partial charge in [0.25, 0.3) is 0 Å². The lowest BCUT2D eigenvalue weighted by Gasteiger charge is -2.23. The van der Waals surface area contributed by atoms with Gasteiger partial charge in [-0.3, -0.25) is 9.69 Å². The molecule has 1 aromatic carbocycles. The average molecular weight is 289 g/mol. The van der Waals surface area contributed by atoms with Crippen LogP contribution in [0.5, 0.6) is 0 Å². The number of aromatic nitrogens is 2. The van der Waals surface area contributed by atoms with Crippen molar-refractivity contribution < 1.29 is 14.4 Å². The first-order chi connectivity index (χ1) is 10.1. The second-order valence-corrected chi connectivity index (χ2v) is 4.86. The molecule has 6 heteroatoms. The van der Waals surface area contributed by atoms with E-state index in [0.717, 1.165) is 12.0 Å². The molecular formula is C15H19N3O3. The standard InChI is InChI=1S/C15H19N3O3/c1-3-9-18(10-13(19)20)11(2)15-16-14(17-21-15)12-7-5-4-6-8-12/h4-8,11H,3,9-10H2,1-2H3,(H,19,20). The Morgan fingerprint density at radius 2 is 2.10 bits per heavy atom. The van der Waals surface area contributed by atoms with Crippen molar-refractivity contribution in [3.8, 4) is 11.4 Å². The normalized spacial score (nSPS) is 12.5. The Morgan fingerprint density at radius 3 is 2.71 bits per heavy atom. The Kier molecular flexibility index (Phi) is 5.05. The van der Waals surface area contributed by atoms with Gasteiger partial charge < -0.3 is 9.63 Å². The predicted octanol–water partition coefficient (Wildman–Crippen LogP) is 2.59. The number of rotatable bonds is 7. The predicted molar refractivity (Wildman–Crippen MR) is 77.6 cm³/mol. The minimum Gasteiger partial charge on any atom is -0.480 e. The molecule has 2 aromatic rings. The summed E-state index contributed by atoms with van der Waals surface area (Å²) in [5, 5.41) is 13.0. The molecule has 1 atom stereocenters. The summed E-state index contributed by atoms with van der Waals surface area (Å²) < 4.78 is 5.29. The first-order valence-electron chi connectivity index (χ1n) is 6.96. The molecule has 1 aromatic heterocycles. The van der Waals surface area contributed by atoms with Crippen molar-refractivity contribution in [1.82, 2.24) is 15.0 Å². The molecule has 6 nitrogen and oxygen atoms in total. The Labute approximate surface area is 123 Å². The van der Waals surface area contributed by atoms with E-state index >= 15 is 0 Å². The minimum absolute atomic E-state index is 0.0436. The smallest absolute Gasteiger partial charge is 0.317 e. The molecule has 0 spiro atoms. The van der Waals surface area contributed by atoms with Gasteiger partial charge in [0.2, 0.25) is 11.7 Å². The van der Waals surface area contributed by atoms with E-state index < -0.39 is 5.97 Å². The van der Waals surface area contributed by atoms with Crippen LogP contribution in [0.1, 0.15) is 32.2 Å². The van der Waals surface area contributed by atoms with Gasteiger partial charge in [-0.25, -0.2) is 0 Å². The van der Waals surface area contributed by atoms with Crippen LogP contribution >= 0.6 is 0 Å². The van der Waals surface area contributed by atoms with Crippen LogP contribution in [0.3, 0.4) is 0 Å². The number of hydrogen-bond acceptors (Lipinski definition) is 5. The molecular weight excluding hydrogens is 270 g/mol. The van der Waals surface area contributed by atoms with Crippen LogP contribution in [0, 0.1) is 0 Å². The number of benzene rings is 1. The summed E-state index contributed by atoms with van der Waals surface area (Å²) in [6.07, 6.45) is 0.858. The molecule has 0 aliphatic carbocycles. The van der Waals surface area contributed by atoms with Crippen LogP contribution in [-0.4, -0.2) is 39.2 Å². The van der Waals surface area contributed by atoms with Gasteiger partial charge >= 0.3 is 5.97 Å². The quantitative estimate of drug-likeness (QED) is 0.844. The Morgan fingerprint density at radius 1 is 1.38 bits per heavy atom. The molecule has 0 bridgehead atoms. The fraction of sp³-hybridized carbons (Fsp3) is 0.400. The Bertz CT molecular complexity index is 583. The van der Waals surface area contributed by atoms with Crippen molar-refractivity contribution >= 4 is 5.97 Å². The highest BCUT2D eigenvalue weighted by Crippen LogP contribution is 2.22. The third-order valence-corrected chi connectivity index (χ3v) is 3.23. The van der Waals surface area contributed by atoms with Crippen molar-refractivity contribution in [3.05, 3.63) is 36.2 Å². The lowest BCUT2D eigenvalue weighted by Crippen LogP contribution is -2.33. The summed E-state index contributed by atoms with van der Waals surface area (Å²) in [5.41, 5.74) is 0.875. The van der Waals surface area contributed by atoms with Crippen LogP contribution in [-0.2, 0) is 4.79 Å². The molecule has 1 unspecified atom stereocenters. The highest BCUT2D eigenvalue weighted by molar-refractivity contribution is 5.69. The molecule has 0 aliphatic heterocycles. The maximum absolute atomic E-state index is 10.9. The molecule has 0 aliphatic rings. The molecule has 0 saturated heterocycles. The maximum atomic E-state index is 10.9. The summed E-state index contributed by atoms with van der Waals surface area (Å²) in [4.78, 5) is 17.1. The van der Waals surface area contributed by atoms with Crippen molar-refractivity contribution in [2.75, 3.05) is 13.1 Å². The van der Waals surface area contributed by atoms with Crippen LogP contribution in [0.15, 0.2) is 34.9 Å². The second kappa shape index (κ2) is 6.99. The lowest BCUT2D eigenvalue weighted by molar-refractivity contribution is -0.139. The monoisotopic (exact) mass is 289 g/mol. The summed E-state index contributed by atoms with van der Waals surface area (Å²) in [6, 6.07) is 9.31. The van der Waals surface area contributed by atoms with Gasteiger partial charge in [0, 0.05) is 5.56 Å². The minimum atomic E-state index is -0.863. The van der Waals surface area contributed by atoms with Gasteiger partial charge in [-0.15, -0.1) is 0 Å². The molecule has 21 heavy (non-hydrogen) atoms. The van der Waals surface area contributed by atoms with E-state index in [4.69, 9.17) is 9.63 Å². The van der Waals surface area contributed by atoms with E-state index in [9.17, 15) is 4.79 Å². The van der Waals surface area contributed by atoms with E-state index in [1.807, 2.05) is 49.1 Å². The largest absolute Gasteiger partial charge is 0.480 e. The zero-order chi connectivity index (χ0) is 15.2. The number of carbonyl (C=O) groups is 1. The maximum Gasteiger partial charge on any atom is 0.317 e. The van der Waals surface area contributed by atoms with Crippen molar-refractivity contribution in [1.29, 1.82) is 0 Å². The van der Waals surface area contributed by atoms with Gasteiger partial charge in [0.1, 0.15) is 0 Å². The first kappa shape index (κ1) is 15.2. The highest BCUT2D eigenvalue weighted by atomic mass is 16.5. The summed E-state index contributed by atoms with van der Waals surface area (Å²) in [5.74, 6) is 0.0888. The summed E-state index contributed by atoms with van der Waals surface area (Å²) >= 11 is 0. The molecule has 1 N–H and O–H groups in total. The van der Waals surface area contributed by atoms with Gasteiger partial charge in [0.15, 0.2) is 0 Å². The van der Waals surface area contributed by atoms with Crippen molar-refractivity contribution in [2.45, 2.75) is 26.3 Å². The van der Waals surface area contributed by atoms with Gasteiger partial charge in [-0.05, 0) is 19.9 Å². The molecule has 0 fully saturated rings. The Balaban J connectivity index is 2.17. The van der Waals surface area contributed by atoms with Gasteiger partial charge in [0.05, 0.1) is 12.6 Å². The number of aliphatic carboxylic acids is 1. The van der Waals surface area contributed by atoms with Gasteiger partial charge in [-0.1, -0.05) is 42.4 Å². The van der Waals surface area contributed by atoms with Crippen LogP contribution in [0.25, 0.3) is 11.4 Å². The van der Waals surface area contributed by atoms with Gasteiger partial charge in [-0.2, -0.15) is 4.98 Å². The topological polar surface area (TPSA) is 79.5 Å². The van der Waals surface area contributed by atoms with Crippen molar-refractivity contribution in [3.63, 3.8) is 0 Å². The lowest BCUT2D eigenvalue weighted by atomic mass is 10.2. The van der Waals surface area contributed by atoms with E-state index in [0.29, 0.717) is 18.3 Å². The van der Waals surface area contributed by atoms with E-state index in [2.05, 4.69) is 10.1 Å². The molecule has 0 saturated carbocycles. The molecule has 1 heterocycles. The highest BCUT2D eigenvalue weighted by Gasteiger charge is 2.23. The fourth-order valence-corrected chi connectivity index (χ4v) is 2.14. The van der Waals surface area contributed by atoms with E-state index in [1.165, 1.54) is 0 Å². The van der Waals surface area contributed by atoms with E-state index in [-0.39, 0.29) is 12.6 Å². The SMILES string of the molecule is CCCN(CC(=O)O)C(C)c1nc(-c2ccccc2)no1. The molecule has 2 rings (SSSR count). The third-order valence-electron chi connectivity index (χ3n) is 3.23. The number of hydrogen-bond donors (Lipinski definition) is 1. The Hall–Kier alpha value is -2.21. The molecule has 112 valence electrons. The zero-order valence-electron chi connectivity index (χ0n) is 12.2. The number of carboxylic acid groups (broad SMARTS) is 1. The number of carboxylic acids is 1. The van der Waals surface area contributed by atoms with Crippen molar-refractivity contribution in [2.24, 2.45) is 0 Å². The first-order valence-corrected chi connectivity index (χ1v) is 6.96. The molecule has 0 amide bonds. The van der Waals surface area contributed by atoms with E-state index in [1.54, 1.807) is 0 Å². The average Bonchev–Trinajstić information content (AvgIpc) is 2.96. The molecule has 0 radical (unpaired) electrons. The van der Waals surface area contributed by atoms with Crippen LogP contribution < -0.4 is 0 Å². The third kappa shape index (κ3) is 3.88.